The maximum Gasteiger partial charge on any atom is 0.338 e. The van der Waals surface area contributed by atoms with E-state index in [0.717, 1.165) is 23.8 Å². The number of anilines is 1. The van der Waals surface area contributed by atoms with Crippen molar-refractivity contribution in [2.75, 3.05) is 12.8 Å². The first kappa shape index (κ1) is 17.8. The fourth-order valence-electron chi connectivity index (χ4n) is 2.87. The average Bonchev–Trinajstić information content (AvgIpc) is 2.88. The predicted octanol–water partition coefficient (Wildman–Crippen LogP) is 0.307. The summed E-state index contributed by atoms with van der Waals surface area (Å²) in [5, 5.41) is 13.4. The normalized spacial score (nSPS) is 12.5. The highest BCUT2D eigenvalue weighted by Crippen LogP contribution is 2.29. The van der Waals surface area contributed by atoms with Gasteiger partial charge in [0.1, 0.15) is 5.82 Å². The Balaban J connectivity index is 2.37. The molecule has 0 fully saturated rings. The first-order chi connectivity index (χ1) is 12.7. The molecule has 3 N–H and O–H groups in total. The highest BCUT2D eigenvalue weighted by atomic mass is 16.6. The highest BCUT2D eigenvalue weighted by molar-refractivity contribution is 6.23. The number of imide groups is 1. The number of nitrogens with zero attached hydrogens (tertiary/aromatic N) is 2. The molecule has 1 aromatic carbocycles. The number of benzene rings is 1. The third-order valence-corrected chi connectivity index (χ3v) is 4.18. The summed E-state index contributed by atoms with van der Waals surface area (Å²) in [7, 11) is 1.10. The molecule has 0 saturated carbocycles. The smallest absolute Gasteiger partial charge is 0.338 e. The van der Waals surface area contributed by atoms with E-state index in [1.165, 1.54) is 13.0 Å². The number of ether oxygens (including phenoxy) is 1. The van der Waals surface area contributed by atoms with Crippen LogP contribution < -0.4 is 16.6 Å². The van der Waals surface area contributed by atoms with E-state index < -0.39 is 34.0 Å². The van der Waals surface area contributed by atoms with Crippen LogP contribution in [-0.4, -0.2) is 34.4 Å². The molecule has 0 atom stereocenters. The molecule has 3 rings (SSSR count). The van der Waals surface area contributed by atoms with Gasteiger partial charge in [0.25, 0.3) is 23.1 Å². The summed E-state index contributed by atoms with van der Waals surface area (Å²) in [5.74, 6) is -2.79. The second kappa shape index (κ2) is 6.05. The third-order valence-electron chi connectivity index (χ3n) is 4.18. The number of carbonyl (C=O) groups is 3. The van der Waals surface area contributed by atoms with Gasteiger partial charge in [0.05, 0.1) is 34.4 Å². The van der Waals surface area contributed by atoms with Crippen LogP contribution in [0.4, 0.5) is 11.5 Å². The summed E-state index contributed by atoms with van der Waals surface area (Å²) >= 11 is 0. The topological polar surface area (TPSA) is 164 Å². The molecule has 2 heterocycles. The van der Waals surface area contributed by atoms with Gasteiger partial charge in [-0.05, 0) is 13.0 Å². The number of esters is 1. The molecule has 138 valence electrons. The lowest BCUT2D eigenvalue weighted by Gasteiger charge is -2.14. The van der Waals surface area contributed by atoms with Crippen molar-refractivity contribution in [3.63, 3.8) is 0 Å². The van der Waals surface area contributed by atoms with Gasteiger partial charge in [-0.1, -0.05) is 0 Å². The molecule has 0 saturated heterocycles. The number of fused-ring (bicyclic) bond motifs is 1. The fourth-order valence-corrected chi connectivity index (χ4v) is 2.87. The molecule has 2 aromatic rings. The van der Waals surface area contributed by atoms with Gasteiger partial charge in [0.15, 0.2) is 0 Å². The highest BCUT2D eigenvalue weighted by Gasteiger charge is 2.32. The molecule has 27 heavy (non-hydrogen) atoms. The van der Waals surface area contributed by atoms with Crippen molar-refractivity contribution < 1.29 is 24.0 Å². The summed E-state index contributed by atoms with van der Waals surface area (Å²) in [6.07, 6.45) is 0. The minimum atomic E-state index is -0.849. The number of pyridine rings is 1. The van der Waals surface area contributed by atoms with E-state index in [-0.39, 0.29) is 33.8 Å². The quantitative estimate of drug-likeness (QED) is 0.336. The van der Waals surface area contributed by atoms with Gasteiger partial charge in [-0.25, -0.2) is 4.79 Å². The van der Waals surface area contributed by atoms with Crippen molar-refractivity contribution in [2.24, 2.45) is 0 Å². The summed E-state index contributed by atoms with van der Waals surface area (Å²) in [4.78, 5) is 58.7. The van der Waals surface area contributed by atoms with Gasteiger partial charge in [0, 0.05) is 17.7 Å². The van der Waals surface area contributed by atoms with Gasteiger partial charge in [-0.2, -0.15) is 0 Å². The van der Waals surface area contributed by atoms with Crippen LogP contribution >= 0.6 is 0 Å². The summed E-state index contributed by atoms with van der Waals surface area (Å²) in [5.41, 5.74) is 4.03. The van der Waals surface area contributed by atoms with Crippen molar-refractivity contribution >= 4 is 29.3 Å². The third kappa shape index (κ3) is 2.61. The van der Waals surface area contributed by atoms with E-state index in [9.17, 15) is 29.3 Å². The van der Waals surface area contributed by atoms with Crippen LogP contribution in [0.5, 0.6) is 0 Å². The summed E-state index contributed by atoms with van der Waals surface area (Å²) in [6, 6.07) is 3.13. The van der Waals surface area contributed by atoms with E-state index in [1.807, 2.05) is 5.32 Å². The van der Waals surface area contributed by atoms with E-state index in [2.05, 4.69) is 4.74 Å². The fraction of sp³-hybridized carbons (Fsp3) is 0.125. The van der Waals surface area contributed by atoms with Crippen LogP contribution in [0.25, 0.3) is 5.69 Å². The Morgan fingerprint density at radius 2 is 1.89 bits per heavy atom. The lowest BCUT2D eigenvalue weighted by Crippen LogP contribution is -2.24. The van der Waals surface area contributed by atoms with Crippen LogP contribution in [0.15, 0.2) is 23.0 Å². The van der Waals surface area contributed by atoms with Crippen LogP contribution in [0.3, 0.4) is 0 Å². The standard InChI is InChI=1S/C16H12N4O7/c1-6-8(16(24)27-2)3-7(4-10(6)20(25)26)19-11(21)5-9-12(13(19)17)15(23)18-14(9)22/h3-5H,17H2,1-2H3,(H,18,22,23). The zero-order valence-corrected chi connectivity index (χ0v) is 14.1. The second-order valence-electron chi connectivity index (χ2n) is 5.66. The molecule has 0 unspecified atom stereocenters. The molecule has 0 spiro atoms. The maximum absolute atomic E-state index is 12.5. The maximum atomic E-state index is 12.5. The van der Waals surface area contributed by atoms with E-state index in [0.29, 0.717) is 0 Å². The number of nitro benzene ring substituents is 1. The van der Waals surface area contributed by atoms with Crippen LogP contribution in [0.1, 0.15) is 36.6 Å². The predicted molar refractivity (Wildman–Crippen MR) is 91.0 cm³/mol. The van der Waals surface area contributed by atoms with Gasteiger partial charge in [-0.15, -0.1) is 0 Å². The number of carbonyl (C=O) groups excluding carboxylic acids is 3. The molecular formula is C16H12N4O7. The van der Waals surface area contributed by atoms with Crippen molar-refractivity contribution in [2.45, 2.75) is 6.92 Å². The van der Waals surface area contributed by atoms with Gasteiger partial charge in [0.2, 0.25) is 0 Å². The number of aromatic nitrogens is 1. The first-order valence-electron chi connectivity index (χ1n) is 7.46. The Bertz CT molecular complexity index is 1120. The number of methoxy groups -OCH3 is 1. The number of hydrogen-bond donors (Lipinski definition) is 2. The minimum Gasteiger partial charge on any atom is -0.465 e. The Labute approximate surface area is 150 Å². The molecule has 0 bridgehead atoms. The molecule has 1 aromatic heterocycles. The summed E-state index contributed by atoms with van der Waals surface area (Å²) < 4.78 is 5.43. The van der Waals surface area contributed by atoms with Crippen LogP contribution in [0.2, 0.25) is 0 Å². The average molecular weight is 372 g/mol. The number of nitrogens with two attached hydrogens (primary N) is 1. The number of nitro groups is 1. The Kier molecular flexibility index (Phi) is 3.99. The minimum absolute atomic E-state index is 0.0382. The van der Waals surface area contributed by atoms with Crippen molar-refractivity contribution in [1.29, 1.82) is 0 Å². The molecule has 11 nitrogen and oxygen atoms in total. The van der Waals surface area contributed by atoms with Gasteiger partial charge in [-0.3, -0.25) is 34.4 Å². The zero-order chi connectivity index (χ0) is 20.0. The number of nitrogens with one attached hydrogen (secondary N) is 1. The largest absolute Gasteiger partial charge is 0.465 e. The Morgan fingerprint density at radius 3 is 2.48 bits per heavy atom. The second-order valence-corrected chi connectivity index (χ2v) is 5.66. The van der Waals surface area contributed by atoms with E-state index in [4.69, 9.17) is 5.73 Å². The molecule has 1 aliphatic heterocycles. The number of rotatable bonds is 3. The molecule has 0 aliphatic carbocycles. The van der Waals surface area contributed by atoms with Crippen molar-refractivity contribution in [1.82, 2.24) is 9.88 Å². The SMILES string of the molecule is COC(=O)c1cc(-n2c(N)c3c(cc2=O)C(=O)NC3=O)cc([N+](=O)[O-])c1C. The molecule has 1 aliphatic rings. The molecule has 2 amide bonds. The van der Waals surface area contributed by atoms with Crippen LogP contribution in [-0.2, 0) is 4.74 Å². The number of amides is 2. The molecule has 0 radical (unpaired) electrons. The summed E-state index contributed by atoms with van der Waals surface area (Å²) in [6.45, 7) is 1.36. The van der Waals surface area contributed by atoms with Gasteiger partial charge >= 0.3 is 5.97 Å². The van der Waals surface area contributed by atoms with Gasteiger partial charge < -0.3 is 10.5 Å². The number of hydrogen-bond acceptors (Lipinski definition) is 8. The Morgan fingerprint density at radius 1 is 1.22 bits per heavy atom. The zero-order valence-electron chi connectivity index (χ0n) is 14.1. The van der Waals surface area contributed by atoms with E-state index in [1.54, 1.807) is 0 Å². The molecule has 11 heteroatoms. The Hall–Kier alpha value is -4.02. The van der Waals surface area contributed by atoms with Crippen LogP contribution in [0, 0.1) is 17.0 Å². The molecular weight excluding hydrogens is 360 g/mol. The van der Waals surface area contributed by atoms with E-state index >= 15 is 0 Å². The lowest BCUT2D eigenvalue weighted by molar-refractivity contribution is -0.385. The monoisotopic (exact) mass is 372 g/mol. The first-order valence-corrected chi connectivity index (χ1v) is 7.46. The lowest BCUT2D eigenvalue weighted by atomic mass is 10.0. The van der Waals surface area contributed by atoms with Crippen molar-refractivity contribution in [3.05, 3.63) is 60.9 Å². The number of nitrogen functional groups attached to an aromatic ring is 1. The van der Waals surface area contributed by atoms with Crippen molar-refractivity contribution in [3.8, 4) is 5.69 Å².